The van der Waals surface area contributed by atoms with Crippen molar-refractivity contribution in [3.05, 3.63) is 29.8 Å². The standard InChI is InChI=1S/C17H30N2O/c1-5-17(6-2,14-20)18-13-15-9-11-16(12-10-15)19(7-3)8-4/h9-12,18,20H,5-8,13-14H2,1-4H3. The van der Waals surface area contributed by atoms with Crippen LogP contribution < -0.4 is 10.2 Å². The lowest BCUT2D eigenvalue weighted by molar-refractivity contribution is 0.149. The van der Waals surface area contributed by atoms with Gasteiger partial charge in [-0.15, -0.1) is 0 Å². The minimum absolute atomic E-state index is 0.141. The van der Waals surface area contributed by atoms with Gasteiger partial charge in [-0.25, -0.2) is 0 Å². The van der Waals surface area contributed by atoms with Gasteiger partial charge in [0.1, 0.15) is 0 Å². The van der Waals surface area contributed by atoms with E-state index in [4.69, 9.17) is 0 Å². The van der Waals surface area contributed by atoms with Crippen LogP contribution in [-0.4, -0.2) is 30.3 Å². The van der Waals surface area contributed by atoms with Gasteiger partial charge in [0.25, 0.3) is 0 Å². The predicted molar refractivity (Wildman–Crippen MR) is 87.2 cm³/mol. The van der Waals surface area contributed by atoms with E-state index >= 15 is 0 Å². The van der Waals surface area contributed by atoms with Crippen LogP contribution >= 0.6 is 0 Å². The molecule has 3 heteroatoms. The molecule has 1 rings (SSSR count). The normalized spacial score (nSPS) is 11.7. The zero-order valence-corrected chi connectivity index (χ0v) is 13.4. The summed E-state index contributed by atoms with van der Waals surface area (Å²) in [5, 5.41) is 13.1. The maximum absolute atomic E-state index is 9.57. The van der Waals surface area contributed by atoms with Gasteiger partial charge in [0.05, 0.1) is 6.61 Å². The molecule has 0 heterocycles. The van der Waals surface area contributed by atoms with Crippen molar-refractivity contribution in [2.75, 3.05) is 24.6 Å². The summed E-state index contributed by atoms with van der Waals surface area (Å²) in [4.78, 5) is 2.34. The second kappa shape index (κ2) is 8.28. The second-order valence-electron chi connectivity index (χ2n) is 5.34. The van der Waals surface area contributed by atoms with E-state index in [1.165, 1.54) is 11.3 Å². The second-order valence-corrected chi connectivity index (χ2v) is 5.34. The summed E-state index contributed by atoms with van der Waals surface area (Å²) in [6.45, 7) is 11.7. The maximum Gasteiger partial charge on any atom is 0.0613 e. The molecule has 0 saturated heterocycles. The molecule has 0 unspecified atom stereocenters. The van der Waals surface area contributed by atoms with Gasteiger partial charge < -0.3 is 15.3 Å². The average molecular weight is 278 g/mol. The lowest BCUT2D eigenvalue weighted by Crippen LogP contribution is -2.47. The van der Waals surface area contributed by atoms with Crippen LogP contribution in [0.15, 0.2) is 24.3 Å². The fraction of sp³-hybridized carbons (Fsp3) is 0.647. The summed E-state index contributed by atoms with van der Waals surface area (Å²) in [5.41, 5.74) is 2.40. The van der Waals surface area contributed by atoms with E-state index in [9.17, 15) is 5.11 Å². The number of benzene rings is 1. The Bertz CT molecular complexity index is 359. The predicted octanol–water partition coefficient (Wildman–Crippen LogP) is 3.17. The van der Waals surface area contributed by atoms with E-state index in [0.717, 1.165) is 32.5 Å². The Hall–Kier alpha value is -1.06. The summed E-state index contributed by atoms with van der Waals surface area (Å²) in [7, 11) is 0. The smallest absolute Gasteiger partial charge is 0.0613 e. The fourth-order valence-electron chi connectivity index (χ4n) is 2.48. The van der Waals surface area contributed by atoms with Crippen LogP contribution in [0.2, 0.25) is 0 Å². The summed E-state index contributed by atoms with van der Waals surface area (Å²) < 4.78 is 0. The minimum Gasteiger partial charge on any atom is -0.394 e. The Labute approximate surface area is 124 Å². The van der Waals surface area contributed by atoms with Gasteiger partial charge in [-0.2, -0.15) is 0 Å². The molecular weight excluding hydrogens is 248 g/mol. The van der Waals surface area contributed by atoms with Crippen molar-refractivity contribution in [3.63, 3.8) is 0 Å². The highest BCUT2D eigenvalue weighted by atomic mass is 16.3. The summed E-state index contributed by atoms with van der Waals surface area (Å²) in [6, 6.07) is 8.72. The third-order valence-corrected chi connectivity index (χ3v) is 4.39. The van der Waals surface area contributed by atoms with Crippen LogP contribution in [0.5, 0.6) is 0 Å². The van der Waals surface area contributed by atoms with Gasteiger partial charge in [0.2, 0.25) is 0 Å². The van der Waals surface area contributed by atoms with Crippen molar-refractivity contribution in [2.24, 2.45) is 0 Å². The molecule has 0 aliphatic rings. The van der Waals surface area contributed by atoms with Crippen molar-refractivity contribution in [3.8, 4) is 0 Å². The minimum atomic E-state index is -0.141. The van der Waals surface area contributed by atoms with Gasteiger partial charge >= 0.3 is 0 Å². The fourth-order valence-corrected chi connectivity index (χ4v) is 2.48. The molecule has 3 nitrogen and oxygen atoms in total. The maximum atomic E-state index is 9.57. The molecule has 0 fully saturated rings. The first-order valence-electron chi connectivity index (χ1n) is 7.84. The third-order valence-electron chi connectivity index (χ3n) is 4.39. The number of aliphatic hydroxyl groups excluding tert-OH is 1. The molecule has 0 aromatic heterocycles. The first kappa shape index (κ1) is 17.0. The molecule has 0 radical (unpaired) electrons. The van der Waals surface area contributed by atoms with Crippen molar-refractivity contribution in [2.45, 2.75) is 52.6 Å². The van der Waals surface area contributed by atoms with E-state index in [-0.39, 0.29) is 12.1 Å². The van der Waals surface area contributed by atoms with Gasteiger partial charge in [0, 0.05) is 30.9 Å². The van der Waals surface area contributed by atoms with Gasteiger partial charge in [-0.05, 0) is 44.4 Å². The molecule has 20 heavy (non-hydrogen) atoms. The molecule has 0 aliphatic heterocycles. The van der Waals surface area contributed by atoms with E-state index in [2.05, 4.69) is 62.2 Å². The molecule has 0 aliphatic carbocycles. The van der Waals surface area contributed by atoms with Crippen LogP contribution in [0.25, 0.3) is 0 Å². The Kier molecular flexibility index (Phi) is 7.03. The summed E-state index contributed by atoms with van der Waals surface area (Å²) in [6.07, 6.45) is 1.88. The summed E-state index contributed by atoms with van der Waals surface area (Å²) in [5.74, 6) is 0. The van der Waals surface area contributed by atoms with Crippen LogP contribution in [-0.2, 0) is 6.54 Å². The Balaban J connectivity index is 2.66. The number of hydrogen-bond acceptors (Lipinski definition) is 3. The molecule has 0 saturated carbocycles. The molecular formula is C17H30N2O. The van der Waals surface area contributed by atoms with E-state index in [1.807, 2.05) is 0 Å². The Morgan fingerprint density at radius 1 is 1.00 bits per heavy atom. The van der Waals surface area contributed by atoms with E-state index < -0.39 is 0 Å². The highest BCUT2D eigenvalue weighted by Crippen LogP contribution is 2.18. The molecule has 2 N–H and O–H groups in total. The lowest BCUT2D eigenvalue weighted by atomic mass is 9.93. The zero-order chi connectivity index (χ0) is 15.0. The van der Waals surface area contributed by atoms with Gasteiger partial charge in [-0.3, -0.25) is 0 Å². The Morgan fingerprint density at radius 3 is 1.95 bits per heavy atom. The van der Waals surface area contributed by atoms with Gasteiger partial charge in [0.15, 0.2) is 0 Å². The van der Waals surface area contributed by atoms with Crippen molar-refractivity contribution in [1.82, 2.24) is 5.32 Å². The van der Waals surface area contributed by atoms with Crippen molar-refractivity contribution in [1.29, 1.82) is 0 Å². The largest absolute Gasteiger partial charge is 0.394 e. The quantitative estimate of drug-likeness (QED) is 0.728. The van der Waals surface area contributed by atoms with E-state index in [1.54, 1.807) is 0 Å². The number of hydrogen-bond donors (Lipinski definition) is 2. The lowest BCUT2D eigenvalue weighted by Gasteiger charge is -2.31. The number of nitrogens with one attached hydrogen (secondary N) is 1. The highest BCUT2D eigenvalue weighted by Gasteiger charge is 2.23. The van der Waals surface area contributed by atoms with Crippen molar-refractivity contribution < 1.29 is 5.11 Å². The highest BCUT2D eigenvalue weighted by molar-refractivity contribution is 5.47. The first-order valence-corrected chi connectivity index (χ1v) is 7.84. The Morgan fingerprint density at radius 2 is 1.55 bits per heavy atom. The average Bonchev–Trinajstić information content (AvgIpc) is 2.52. The topological polar surface area (TPSA) is 35.5 Å². The molecule has 114 valence electrons. The number of aliphatic hydroxyl groups is 1. The van der Waals surface area contributed by atoms with Crippen LogP contribution in [0.1, 0.15) is 46.1 Å². The molecule has 0 bridgehead atoms. The van der Waals surface area contributed by atoms with E-state index in [0.29, 0.717) is 0 Å². The number of anilines is 1. The molecule has 1 aromatic rings. The third kappa shape index (κ3) is 4.22. The van der Waals surface area contributed by atoms with Crippen LogP contribution in [0.4, 0.5) is 5.69 Å². The molecule has 1 aromatic carbocycles. The van der Waals surface area contributed by atoms with Gasteiger partial charge in [-0.1, -0.05) is 26.0 Å². The number of rotatable bonds is 9. The van der Waals surface area contributed by atoms with Crippen molar-refractivity contribution >= 4 is 5.69 Å². The first-order chi connectivity index (χ1) is 9.64. The van der Waals surface area contributed by atoms with Crippen LogP contribution in [0.3, 0.4) is 0 Å². The monoisotopic (exact) mass is 278 g/mol. The molecule has 0 atom stereocenters. The molecule has 0 spiro atoms. The summed E-state index contributed by atoms with van der Waals surface area (Å²) >= 11 is 0. The SMILES string of the molecule is CCN(CC)c1ccc(CNC(CC)(CC)CO)cc1. The van der Waals surface area contributed by atoms with Crippen LogP contribution in [0, 0.1) is 0 Å². The molecule has 0 amide bonds. The number of nitrogens with zero attached hydrogens (tertiary/aromatic N) is 1. The zero-order valence-electron chi connectivity index (χ0n) is 13.4.